The van der Waals surface area contributed by atoms with Crippen molar-refractivity contribution >= 4 is 17.5 Å². The standard InChI is InChI=1S/C28H48N4O3/c1-7-8-13-30-27(35)20(2)14-25(33)23(29)16-28(3,4)17-26(34)32-19-21(18-31(5)6)15-22-11-9-10-12-24(22)32/h9-12,20-21,23,25,33H,7-8,13-19,29H2,1-6H3,(H,30,35)/t20-,21?,23+,25+/m1/s1. The van der Waals surface area contributed by atoms with E-state index >= 15 is 0 Å². The van der Waals surface area contributed by atoms with Crippen LogP contribution in [0.15, 0.2) is 24.3 Å². The number of aliphatic hydroxyl groups excluding tert-OH is 1. The molecule has 4 atom stereocenters. The van der Waals surface area contributed by atoms with Crippen LogP contribution < -0.4 is 16.0 Å². The maximum atomic E-state index is 13.5. The van der Waals surface area contributed by atoms with Crippen LogP contribution in [0.25, 0.3) is 0 Å². The Balaban J connectivity index is 1.97. The van der Waals surface area contributed by atoms with Gasteiger partial charge in [-0.3, -0.25) is 9.59 Å². The molecule has 0 spiro atoms. The summed E-state index contributed by atoms with van der Waals surface area (Å²) in [6.07, 6.45) is 3.31. The van der Waals surface area contributed by atoms with E-state index in [9.17, 15) is 14.7 Å². The highest BCUT2D eigenvalue weighted by Crippen LogP contribution is 2.34. The van der Waals surface area contributed by atoms with Crippen molar-refractivity contribution in [2.75, 3.05) is 38.6 Å². The Hall–Kier alpha value is -1.96. The molecule has 0 radical (unpaired) electrons. The monoisotopic (exact) mass is 488 g/mol. The first-order chi connectivity index (χ1) is 16.4. The Bertz CT molecular complexity index is 826. The number of anilines is 1. The van der Waals surface area contributed by atoms with Crippen molar-refractivity contribution in [2.45, 2.75) is 78.4 Å². The second kappa shape index (κ2) is 13.4. The van der Waals surface area contributed by atoms with Crippen molar-refractivity contribution < 1.29 is 14.7 Å². The number of amides is 2. The van der Waals surface area contributed by atoms with Crippen molar-refractivity contribution in [3.8, 4) is 0 Å². The highest BCUT2D eigenvalue weighted by molar-refractivity contribution is 5.95. The average Bonchev–Trinajstić information content (AvgIpc) is 2.77. The minimum Gasteiger partial charge on any atom is -0.391 e. The zero-order valence-electron chi connectivity index (χ0n) is 22.7. The van der Waals surface area contributed by atoms with Crippen LogP contribution in [0.3, 0.4) is 0 Å². The molecule has 0 saturated heterocycles. The minimum absolute atomic E-state index is 0.0461. The summed E-state index contributed by atoms with van der Waals surface area (Å²) in [5, 5.41) is 13.6. The van der Waals surface area contributed by atoms with Gasteiger partial charge < -0.3 is 26.0 Å². The molecule has 2 amide bonds. The largest absolute Gasteiger partial charge is 0.391 e. The molecule has 7 nitrogen and oxygen atoms in total. The summed E-state index contributed by atoms with van der Waals surface area (Å²) in [7, 11) is 4.14. The van der Waals surface area contributed by atoms with Crippen LogP contribution in [-0.4, -0.2) is 67.7 Å². The lowest BCUT2D eigenvalue weighted by molar-refractivity contribution is -0.125. The average molecular weight is 489 g/mol. The Morgan fingerprint density at radius 3 is 2.63 bits per heavy atom. The topological polar surface area (TPSA) is 98.9 Å². The van der Waals surface area contributed by atoms with Crippen LogP contribution in [-0.2, 0) is 16.0 Å². The number of carbonyl (C=O) groups is 2. The third-order valence-electron chi connectivity index (χ3n) is 6.94. The van der Waals surface area contributed by atoms with Gasteiger partial charge in [0.2, 0.25) is 11.8 Å². The van der Waals surface area contributed by atoms with Crippen LogP contribution in [0.1, 0.15) is 65.4 Å². The number of benzene rings is 1. The number of carbonyl (C=O) groups excluding carboxylic acids is 2. The minimum atomic E-state index is -0.795. The highest BCUT2D eigenvalue weighted by Gasteiger charge is 2.34. The zero-order valence-corrected chi connectivity index (χ0v) is 22.7. The van der Waals surface area contributed by atoms with Gasteiger partial charge in [-0.15, -0.1) is 0 Å². The van der Waals surface area contributed by atoms with Gasteiger partial charge in [0.25, 0.3) is 0 Å². The molecule has 1 aliphatic rings. The first-order valence-corrected chi connectivity index (χ1v) is 13.2. The molecule has 0 fully saturated rings. The maximum absolute atomic E-state index is 13.5. The number of aliphatic hydroxyl groups is 1. The van der Waals surface area contributed by atoms with Gasteiger partial charge in [-0.1, -0.05) is 52.3 Å². The predicted octanol–water partition coefficient (Wildman–Crippen LogP) is 3.19. The van der Waals surface area contributed by atoms with Crippen molar-refractivity contribution in [1.29, 1.82) is 0 Å². The molecule has 2 rings (SSSR count). The molecular formula is C28H48N4O3. The molecule has 4 N–H and O–H groups in total. The van der Waals surface area contributed by atoms with Crippen molar-refractivity contribution in [3.63, 3.8) is 0 Å². The molecule has 1 aliphatic heterocycles. The Morgan fingerprint density at radius 2 is 1.97 bits per heavy atom. The third-order valence-corrected chi connectivity index (χ3v) is 6.94. The van der Waals surface area contributed by atoms with Gasteiger partial charge in [-0.2, -0.15) is 0 Å². The van der Waals surface area contributed by atoms with Gasteiger partial charge in [0.05, 0.1) is 6.10 Å². The Labute approximate surface area is 212 Å². The van der Waals surface area contributed by atoms with Crippen LogP contribution >= 0.6 is 0 Å². The summed E-state index contributed by atoms with van der Waals surface area (Å²) in [5.74, 6) is 0.128. The van der Waals surface area contributed by atoms with Crippen LogP contribution in [0.5, 0.6) is 0 Å². The van der Waals surface area contributed by atoms with E-state index in [1.54, 1.807) is 0 Å². The zero-order chi connectivity index (χ0) is 26.2. The molecule has 1 unspecified atom stereocenters. The fourth-order valence-corrected chi connectivity index (χ4v) is 5.11. The summed E-state index contributed by atoms with van der Waals surface area (Å²) in [6.45, 7) is 10.3. The number of para-hydroxylation sites is 1. The fourth-order valence-electron chi connectivity index (χ4n) is 5.11. The number of hydrogen-bond donors (Lipinski definition) is 3. The first kappa shape index (κ1) is 29.3. The summed E-state index contributed by atoms with van der Waals surface area (Å²) in [4.78, 5) is 29.9. The van der Waals surface area contributed by atoms with E-state index in [0.717, 1.165) is 31.5 Å². The van der Waals surface area contributed by atoms with Gasteiger partial charge in [0, 0.05) is 43.7 Å². The van der Waals surface area contributed by atoms with E-state index in [1.807, 2.05) is 43.9 Å². The molecule has 35 heavy (non-hydrogen) atoms. The second-order valence-electron chi connectivity index (χ2n) is 11.5. The van der Waals surface area contributed by atoms with Crippen LogP contribution in [0.2, 0.25) is 0 Å². The van der Waals surface area contributed by atoms with Crippen molar-refractivity contribution in [3.05, 3.63) is 29.8 Å². The number of nitrogens with two attached hydrogens (primary N) is 1. The SMILES string of the molecule is CCCCNC(=O)[C@H](C)C[C@H](O)[C@@H](N)CC(C)(C)CC(=O)N1CC(CN(C)C)Cc2ccccc21. The van der Waals surface area contributed by atoms with Crippen molar-refractivity contribution in [2.24, 2.45) is 23.0 Å². The van der Waals surface area contributed by atoms with E-state index in [1.165, 1.54) is 5.56 Å². The van der Waals surface area contributed by atoms with Gasteiger partial charge in [0.15, 0.2) is 0 Å². The lowest BCUT2D eigenvalue weighted by Gasteiger charge is -2.38. The molecule has 0 aliphatic carbocycles. The number of nitrogens with one attached hydrogen (secondary N) is 1. The molecule has 0 saturated carbocycles. The normalized spacial score (nSPS) is 18.7. The number of hydrogen-bond acceptors (Lipinski definition) is 5. The quantitative estimate of drug-likeness (QED) is 0.371. The molecule has 0 aromatic heterocycles. The fraction of sp³-hybridized carbons (Fsp3) is 0.714. The Morgan fingerprint density at radius 1 is 1.29 bits per heavy atom. The maximum Gasteiger partial charge on any atom is 0.227 e. The van der Waals surface area contributed by atoms with Gasteiger partial charge in [-0.05, 0) is 62.7 Å². The lowest BCUT2D eigenvalue weighted by atomic mass is 9.79. The molecular weight excluding hydrogens is 440 g/mol. The van der Waals surface area contributed by atoms with Crippen LogP contribution in [0, 0.1) is 17.3 Å². The number of fused-ring (bicyclic) bond motifs is 1. The Kier molecular flexibility index (Phi) is 11.2. The third kappa shape index (κ3) is 9.21. The summed E-state index contributed by atoms with van der Waals surface area (Å²) >= 11 is 0. The lowest BCUT2D eigenvalue weighted by Crippen LogP contribution is -2.45. The van der Waals surface area contributed by atoms with Crippen LogP contribution in [0.4, 0.5) is 5.69 Å². The number of unbranched alkanes of at least 4 members (excludes halogenated alkanes) is 1. The van der Waals surface area contributed by atoms with E-state index in [2.05, 4.69) is 37.3 Å². The van der Waals surface area contributed by atoms with Gasteiger partial charge >= 0.3 is 0 Å². The summed E-state index contributed by atoms with van der Waals surface area (Å²) < 4.78 is 0. The predicted molar refractivity (Wildman–Crippen MR) is 143 cm³/mol. The summed E-state index contributed by atoms with van der Waals surface area (Å²) in [5.41, 5.74) is 8.21. The van der Waals surface area contributed by atoms with Gasteiger partial charge in [-0.25, -0.2) is 0 Å². The van der Waals surface area contributed by atoms with E-state index < -0.39 is 12.1 Å². The molecule has 1 aromatic carbocycles. The van der Waals surface area contributed by atoms with E-state index in [4.69, 9.17) is 5.73 Å². The van der Waals surface area contributed by atoms with Crippen molar-refractivity contribution in [1.82, 2.24) is 10.2 Å². The smallest absolute Gasteiger partial charge is 0.227 e. The molecule has 1 heterocycles. The molecule has 198 valence electrons. The second-order valence-corrected chi connectivity index (χ2v) is 11.5. The molecule has 7 heteroatoms. The number of nitrogens with zero attached hydrogens (tertiary/aromatic N) is 2. The first-order valence-electron chi connectivity index (χ1n) is 13.2. The molecule has 0 bridgehead atoms. The van der Waals surface area contributed by atoms with E-state index in [0.29, 0.717) is 38.3 Å². The van der Waals surface area contributed by atoms with E-state index in [-0.39, 0.29) is 23.1 Å². The highest BCUT2D eigenvalue weighted by atomic mass is 16.3. The summed E-state index contributed by atoms with van der Waals surface area (Å²) in [6, 6.07) is 7.68. The van der Waals surface area contributed by atoms with Gasteiger partial charge in [0.1, 0.15) is 0 Å². The molecule has 1 aromatic rings. The number of rotatable bonds is 13.